The molecule has 0 aliphatic carbocycles. The number of hydrogen-bond donors (Lipinski definition) is 5. The Labute approximate surface area is 217 Å². The Morgan fingerprint density at radius 1 is 1.11 bits per heavy atom. The lowest BCUT2D eigenvalue weighted by Crippen LogP contribution is -2.52. The second-order valence-electron chi connectivity index (χ2n) is 9.48. The van der Waals surface area contributed by atoms with E-state index in [9.17, 15) is 14.4 Å². The van der Waals surface area contributed by atoms with Crippen LogP contribution in [0, 0.1) is 13.8 Å². The molecule has 6 N–H and O–H groups in total. The van der Waals surface area contributed by atoms with Gasteiger partial charge in [-0.15, -0.1) is 0 Å². The third-order valence-corrected chi connectivity index (χ3v) is 6.61. The summed E-state index contributed by atoms with van der Waals surface area (Å²) in [5, 5.41) is 12.2. The van der Waals surface area contributed by atoms with Crippen LogP contribution < -0.4 is 27.0 Å². The summed E-state index contributed by atoms with van der Waals surface area (Å²) in [4.78, 5) is 40.5. The highest BCUT2D eigenvalue weighted by atomic mass is 16.5. The van der Waals surface area contributed by atoms with Crippen LogP contribution in [0.5, 0.6) is 0 Å². The van der Waals surface area contributed by atoms with Crippen molar-refractivity contribution in [3.05, 3.63) is 46.7 Å². The van der Waals surface area contributed by atoms with Crippen molar-refractivity contribution < 1.29 is 19.1 Å². The monoisotopic (exact) mass is 510 g/mol. The number of nitrogens with zero attached hydrogens (tertiary/aromatic N) is 1. The molecule has 37 heavy (non-hydrogen) atoms. The summed E-state index contributed by atoms with van der Waals surface area (Å²) >= 11 is 0. The number of ether oxygens (including phenoxy) is 1. The third kappa shape index (κ3) is 7.05. The van der Waals surface area contributed by atoms with Crippen LogP contribution in [0.2, 0.25) is 0 Å². The zero-order valence-electron chi connectivity index (χ0n) is 22.1. The lowest BCUT2D eigenvalue weighted by molar-refractivity contribution is -0.131. The maximum atomic E-state index is 12.2. The van der Waals surface area contributed by atoms with Gasteiger partial charge in [-0.05, 0) is 75.8 Å². The number of pyridine rings is 1. The zero-order chi connectivity index (χ0) is 27.1. The molecule has 0 radical (unpaired) electrons. The number of nitrogens with two attached hydrogens (primary N) is 1. The predicted molar refractivity (Wildman–Crippen MR) is 143 cm³/mol. The molecule has 0 fully saturated rings. The van der Waals surface area contributed by atoms with Gasteiger partial charge in [-0.2, -0.15) is 0 Å². The van der Waals surface area contributed by atoms with E-state index in [0.29, 0.717) is 6.61 Å². The number of nitrogens with one attached hydrogen (secondary N) is 4. The second kappa shape index (κ2) is 12.6. The molecular weight excluding hydrogens is 472 g/mol. The summed E-state index contributed by atoms with van der Waals surface area (Å²) in [7, 11) is 0. The minimum Gasteiger partial charge on any atom is -0.380 e. The van der Waals surface area contributed by atoms with Crippen molar-refractivity contribution in [2.75, 3.05) is 19.9 Å². The van der Waals surface area contributed by atoms with Crippen molar-refractivity contribution in [1.29, 1.82) is 0 Å². The van der Waals surface area contributed by atoms with E-state index >= 15 is 0 Å². The molecule has 2 aromatic rings. The van der Waals surface area contributed by atoms with E-state index in [4.69, 9.17) is 15.5 Å². The predicted octanol–water partition coefficient (Wildman–Crippen LogP) is 1.31. The number of rotatable bonds is 12. The number of hydrogen-bond acceptors (Lipinski definition) is 7. The van der Waals surface area contributed by atoms with Crippen LogP contribution in [0.4, 0.5) is 0 Å². The number of unbranched alkanes of at least 4 members (excludes halogenated alkanes) is 1. The molecule has 0 bridgehead atoms. The SMILES string of the molecule is C=C1NCc2c1nc1cc(C)c(C)cc1c2CCCCOCNC(=O)[C@H](C)NC(=O)C(C)NC(=O)CN. The fraction of sp³-hybridized carbons (Fsp3) is 0.481. The quantitative estimate of drug-likeness (QED) is 0.214. The Morgan fingerprint density at radius 3 is 2.54 bits per heavy atom. The first-order valence-corrected chi connectivity index (χ1v) is 12.6. The normalized spacial score (nSPS) is 14.0. The summed E-state index contributed by atoms with van der Waals surface area (Å²) in [5.41, 5.74) is 13.1. The number of aryl methyl sites for hydroxylation is 3. The summed E-state index contributed by atoms with van der Waals surface area (Å²) in [5.74, 6) is -1.28. The highest BCUT2D eigenvalue weighted by Crippen LogP contribution is 2.32. The third-order valence-electron chi connectivity index (χ3n) is 6.61. The highest BCUT2D eigenvalue weighted by molar-refractivity contribution is 5.92. The van der Waals surface area contributed by atoms with Gasteiger partial charge in [0.1, 0.15) is 18.8 Å². The fourth-order valence-corrected chi connectivity index (χ4v) is 4.26. The van der Waals surface area contributed by atoms with E-state index in [-0.39, 0.29) is 19.2 Å². The number of benzene rings is 1. The van der Waals surface area contributed by atoms with Crippen LogP contribution in [-0.4, -0.2) is 54.7 Å². The van der Waals surface area contributed by atoms with Crippen LogP contribution in [0.3, 0.4) is 0 Å². The van der Waals surface area contributed by atoms with Crippen molar-refractivity contribution in [1.82, 2.24) is 26.3 Å². The number of fused-ring (bicyclic) bond motifs is 2. The summed E-state index contributed by atoms with van der Waals surface area (Å²) in [6.07, 6.45) is 2.66. The molecule has 2 atom stereocenters. The largest absolute Gasteiger partial charge is 0.380 e. The van der Waals surface area contributed by atoms with E-state index in [0.717, 1.165) is 42.7 Å². The number of amides is 3. The van der Waals surface area contributed by atoms with Crippen LogP contribution in [0.25, 0.3) is 16.6 Å². The van der Waals surface area contributed by atoms with Crippen LogP contribution in [0.15, 0.2) is 18.7 Å². The molecule has 1 aromatic carbocycles. The van der Waals surface area contributed by atoms with Gasteiger partial charge in [-0.25, -0.2) is 4.98 Å². The molecule has 0 saturated heterocycles. The van der Waals surface area contributed by atoms with Gasteiger partial charge in [-0.1, -0.05) is 6.58 Å². The molecule has 3 rings (SSSR count). The average Bonchev–Trinajstić information content (AvgIpc) is 3.23. The first-order valence-electron chi connectivity index (χ1n) is 12.6. The standard InChI is InChI=1S/C27H38N6O4/c1-15-10-21-20(22-13-29-17(3)25(22)33-23(21)11-16(15)2)8-6-7-9-37-14-30-26(35)18(4)32-27(36)19(5)31-24(34)12-28/h10-11,18-19,29H,3,6-9,12-14,28H2,1-2,4-5H3,(H,30,35)(H,31,34)(H,32,36)/t18-,19?/m0/s1. The topological polar surface area (TPSA) is 147 Å². The van der Waals surface area contributed by atoms with Gasteiger partial charge >= 0.3 is 0 Å². The molecular formula is C27H38N6O4. The van der Waals surface area contributed by atoms with Gasteiger partial charge in [-0.3, -0.25) is 14.4 Å². The molecule has 200 valence electrons. The number of carbonyl (C=O) groups is 3. The Balaban J connectivity index is 1.43. The fourth-order valence-electron chi connectivity index (χ4n) is 4.26. The molecule has 0 saturated carbocycles. The highest BCUT2D eigenvalue weighted by Gasteiger charge is 2.22. The lowest BCUT2D eigenvalue weighted by Gasteiger charge is -2.18. The Morgan fingerprint density at radius 2 is 1.81 bits per heavy atom. The van der Waals surface area contributed by atoms with E-state index < -0.39 is 23.9 Å². The molecule has 1 aromatic heterocycles. The first-order chi connectivity index (χ1) is 17.6. The van der Waals surface area contributed by atoms with E-state index in [1.807, 2.05) is 0 Å². The molecule has 1 aliphatic heterocycles. The van der Waals surface area contributed by atoms with E-state index in [1.54, 1.807) is 6.92 Å². The van der Waals surface area contributed by atoms with Crippen LogP contribution in [-0.2, 0) is 32.1 Å². The smallest absolute Gasteiger partial charge is 0.244 e. The van der Waals surface area contributed by atoms with Gasteiger partial charge < -0.3 is 31.7 Å². The van der Waals surface area contributed by atoms with Crippen molar-refractivity contribution in [2.45, 2.75) is 65.6 Å². The van der Waals surface area contributed by atoms with Gasteiger partial charge in [0.05, 0.1) is 23.5 Å². The minimum absolute atomic E-state index is 0.0499. The zero-order valence-corrected chi connectivity index (χ0v) is 22.1. The summed E-state index contributed by atoms with van der Waals surface area (Å²) in [6, 6.07) is 2.81. The maximum Gasteiger partial charge on any atom is 0.244 e. The molecule has 10 heteroatoms. The number of carbonyl (C=O) groups excluding carboxylic acids is 3. The van der Waals surface area contributed by atoms with E-state index in [1.165, 1.54) is 34.6 Å². The van der Waals surface area contributed by atoms with E-state index in [2.05, 4.69) is 53.8 Å². The molecule has 1 aliphatic rings. The van der Waals surface area contributed by atoms with Crippen molar-refractivity contribution in [3.8, 4) is 0 Å². The molecule has 3 amide bonds. The van der Waals surface area contributed by atoms with Gasteiger partial charge in [0.15, 0.2) is 0 Å². The van der Waals surface area contributed by atoms with Gasteiger partial charge in [0.25, 0.3) is 0 Å². The van der Waals surface area contributed by atoms with Crippen molar-refractivity contribution in [3.63, 3.8) is 0 Å². The Kier molecular flexibility index (Phi) is 9.60. The second-order valence-corrected chi connectivity index (χ2v) is 9.48. The Hall–Kier alpha value is -3.50. The van der Waals surface area contributed by atoms with Crippen LogP contribution >= 0.6 is 0 Å². The van der Waals surface area contributed by atoms with Crippen molar-refractivity contribution >= 4 is 34.3 Å². The number of aromatic nitrogens is 1. The maximum absolute atomic E-state index is 12.2. The van der Waals surface area contributed by atoms with Gasteiger partial charge in [0, 0.05) is 24.1 Å². The lowest BCUT2D eigenvalue weighted by atomic mass is 9.94. The molecule has 1 unspecified atom stereocenters. The average molecular weight is 511 g/mol. The molecule has 0 spiro atoms. The summed E-state index contributed by atoms with van der Waals surface area (Å²) in [6.45, 7) is 12.5. The van der Waals surface area contributed by atoms with Crippen molar-refractivity contribution in [2.24, 2.45) is 5.73 Å². The Bertz CT molecular complexity index is 1200. The molecule has 10 nitrogen and oxygen atoms in total. The molecule has 2 heterocycles. The first kappa shape index (κ1) is 28.1. The minimum atomic E-state index is -0.789. The van der Waals surface area contributed by atoms with Crippen LogP contribution in [0.1, 0.15) is 54.6 Å². The van der Waals surface area contributed by atoms with Gasteiger partial charge in [0.2, 0.25) is 17.7 Å². The summed E-state index contributed by atoms with van der Waals surface area (Å²) < 4.78 is 5.59.